The molecule has 0 bridgehead atoms. The lowest BCUT2D eigenvalue weighted by molar-refractivity contribution is -0.137. The van der Waals surface area contributed by atoms with E-state index >= 15 is 0 Å². The van der Waals surface area contributed by atoms with Gasteiger partial charge >= 0.3 is 5.97 Å². The molecule has 0 saturated carbocycles. The van der Waals surface area contributed by atoms with Crippen molar-refractivity contribution < 1.29 is 19.0 Å². The summed E-state index contributed by atoms with van der Waals surface area (Å²) in [4.78, 5) is 9.81. The van der Waals surface area contributed by atoms with Crippen molar-refractivity contribution >= 4 is 5.97 Å². The first-order valence-corrected chi connectivity index (χ1v) is 2.06. The molecule has 0 amide bonds. The number of aliphatic hydroxyl groups excluding tert-OH is 1. The highest BCUT2D eigenvalue weighted by molar-refractivity contribution is 5.84. The van der Waals surface area contributed by atoms with E-state index in [1.54, 1.807) is 0 Å². The Labute approximate surface area is 52.8 Å². The number of hydrogen-bond acceptors (Lipinski definition) is 3. The Morgan fingerprint density at radius 2 is 2.00 bits per heavy atom. The van der Waals surface area contributed by atoms with E-state index in [1.807, 2.05) is 0 Å². The molecule has 0 radical (unpaired) electrons. The molecule has 0 aliphatic carbocycles. The highest BCUT2D eigenvalue weighted by atomic mass is 19.1. The SMILES string of the molecule is C=C(F)C(=O)OC.CO. The standard InChI is InChI=1S/C4H5FO2.CH4O/c1-3(5)4(6)7-2;1-2/h1H2,2H3;2H,1H3. The first-order valence-electron chi connectivity index (χ1n) is 2.06. The Morgan fingerprint density at radius 3 is 2.00 bits per heavy atom. The second kappa shape index (κ2) is 7.10. The van der Waals surface area contributed by atoms with Crippen LogP contribution in [0.25, 0.3) is 0 Å². The van der Waals surface area contributed by atoms with Gasteiger partial charge in [0.15, 0.2) is 0 Å². The summed E-state index contributed by atoms with van der Waals surface area (Å²) in [6.07, 6.45) is 0. The van der Waals surface area contributed by atoms with Gasteiger partial charge in [-0.25, -0.2) is 4.79 Å². The highest BCUT2D eigenvalue weighted by Crippen LogP contribution is 1.91. The van der Waals surface area contributed by atoms with Crippen molar-refractivity contribution in [2.45, 2.75) is 0 Å². The number of aliphatic hydroxyl groups is 1. The number of rotatable bonds is 1. The molecular formula is C5H9FO3. The van der Waals surface area contributed by atoms with Crippen LogP contribution in [0, 0.1) is 0 Å². The lowest BCUT2D eigenvalue weighted by Crippen LogP contribution is -1.97. The molecule has 0 heterocycles. The van der Waals surface area contributed by atoms with Gasteiger partial charge in [-0.15, -0.1) is 0 Å². The van der Waals surface area contributed by atoms with E-state index in [0.717, 1.165) is 14.2 Å². The van der Waals surface area contributed by atoms with E-state index < -0.39 is 11.8 Å². The van der Waals surface area contributed by atoms with Gasteiger partial charge in [-0.1, -0.05) is 6.58 Å². The zero-order valence-electron chi connectivity index (χ0n) is 5.35. The Bertz CT molecular complexity index is 100. The molecule has 0 aromatic carbocycles. The largest absolute Gasteiger partial charge is 0.464 e. The molecule has 0 fully saturated rings. The molecule has 0 unspecified atom stereocenters. The van der Waals surface area contributed by atoms with Gasteiger partial charge in [0.25, 0.3) is 0 Å². The Balaban J connectivity index is 0. The number of ether oxygens (including phenoxy) is 1. The predicted octanol–water partition coefficient (Wildman–Crippen LogP) is 0.251. The van der Waals surface area contributed by atoms with Gasteiger partial charge in [0.05, 0.1) is 7.11 Å². The number of carbonyl (C=O) groups excluding carboxylic acids is 1. The highest BCUT2D eigenvalue weighted by Gasteiger charge is 2.01. The van der Waals surface area contributed by atoms with Crippen LogP contribution in [0.4, 0.5) is 4.39 Å². The molecule has 0 spiro atoms. The van der Waals surface area contributed by atoms with Crippen LogP contribution in [-0.4, -0.2) is 25.3 Å². The van der Waals surface area contributed by atoms with Gasteiger partial charge in [0.1, 0.15) is 0 Å². The van der Waals surface area contributed by atoms with E-state index in [2.05, 4.69) is 11.3 Å². The lowest BCUT2D eigenvalue weighted by atomic mass is 10.6. The summed E-state index contributed by atoms with van der Waals surface area (Å²) >= 11 is 0. The molecule has 1 N–H and O–H groups in total. The van der Waals surface area contributed by atoms with E-state index in [0.29, 0.717) is 0 Å². The van der Waals surface area contributed by atoms with Gasteiger partial charge in [-0.2, -0.15) is 4.39 Å². The maximum Gasteiger partial charge on any atom is 0.366 e. The number of methoxy groups -OCH3 is 1. The molecular weight excluding hydrogens is 127 g/mol. The van der Waals surface area contributed by atoms with Gasteiger partial charge < -0.3 is 9.84 Å². The maximum absolute atomic E-state index is 11.4. The number of esters is 1. The van der Waals surface area contributed by atoms with Crippen molar-refractivity contribution in [3.8, 4) is 0 Å². The predicted molar refractivity (Wildman–Crippen MR) is 30.4 cm³/mol. The van der Waals surface area contributed by atoms with Crippen LogP contribution in [0.2, 0.25) is 0 Å². The van der Waals surface area contributed by atoms with Gasteiger partial charge in [0.2, 0.25) is 5.83 Å². The molecule has 0 atom stereocenters. The second-order valence-corrected chi connectivity index (χ2v) is 0.896. The van der Waals surface area contributed by atoms with Crippen molar-refractivity contribution in [1.29, 1.82) is 0 Å². The average molecular weight is 136 g/mol. The topological polar surface area (TPSA) is 46.5 Å². The molecule has 54 valence electrons. The van der Waals surface area contributed by atoms with Crippen molar-refractivity contribution in [1.82, 2.24) is 0 Å². The summed E-state index contributed by atoms with van der Waals surface area (Å²) in [6.45, 7) is 2.68. The molecule has 0 rings (SSSR count). The fourth-order valence-corrected chi connectivity index (χ4v) is 0.111. The molecule has 0 aromatic heterocycles. The van der Waals surface area contributed by atoms with Crippen LogP contribution in [0.1, 0.15) is 0 Å². The average Bonchev–Trinajstić information content (AvgIpc) is 1.91. The van der Waals surface area contributed by atoms with Crippen LogP contribution in [0.3, 0.4) is 0 Å². The van der Waals surface area contributed by atoms with E-state index in [-0.39, 0.29) is 0 Å². The molecule has 0 saturated heterocycles. The van der Waals surface area contributed by atoms with Crippen LogP contribution >= 0.6 is 0 Å². The molecule has 0 aliphatic rings. The van der Waals surface area contributed by atoms with Crippen LogP contribution in [0.15, 0.2) is 12.4 Å². The summed E-state index contributed by atoms with van der Waals surface area (Å²) < 4.78 is 15.3. The molecule has 3 nitrogen and oxygen atoms in total. The number of halogens is 1. The Morgan fingerprint density at radius 1 is 1.67 bits per heavy atom. The van der Waals surface area contributed by atoms with Crippen molar-refractivity contribution in [3.63, 3.8) is 0 Å². The quantitative estimate of drug-likeness (QED) is 0.415. The zero-order chi connectivity index (χ0) is 7.86. The fraction of sp³-hybridized carbons (Fsp3) is 0.400. The third-order valence-electron chi connectivity index (χ3n) is 0.407. The third-order valence-corrected chi connectivity index (χ3v) is 0.407. The smallest absolute Gasteiger partial charge is 0.366 e. The summed E-state index contributed by atoms with van der Waals surface area (Å²) in [6, 6.07) is 0. The van der Waals surface area contributed by atoms with Gasteiger partial charge in [-0.05, 0) is 0 Å². The molecule has 0 aromatic rings. The normalized spacial score (nSPS) is 6.67. The van der Waals surface area contributed by atoms with Crippen molar-refractivity contribution in [2.24, 2.45) is 0 Å². The number of hydrogen-bond donors (Lipinski definition) is 1. The van der Waals surface area contributed by atoms with Crippen molar-refractivity contribution in [2.75, 3.05) is 14.2 Å². The summed E-state index contributed by atoms with van der Waals surface area (Å²) in [5.41, 5.74) is 0. The monoisotopic (exact) mass is 136 g/mol. The summed E-state index contributed by atoms with van der Waals surface area (Å²) in [7, 11) is 2.09. The van der Waals surface area contributed by atoms with E-state index in [1.165, 1.54) is 0 Å². The summed E-state index contributed by atoms with van der Waals surface area (Å²) in [5, 5.41) is 7.00. The minimum Gasteiger partial charge on any atom is -0.464 e. The second-order valence-electron chi connectivity index (χ2n) is 0.896. The van der Waals surface area contributed by atoms with E-state index in [4.69, 9.17) is 5.11 Å². The Kier molecular flexibility index (Phi) is 8.66. The fourth-order valence-electron chi connectivity index (χ4n) is 0.111. The lowest BCUT2D eigenvalue weighted by Gasteiger charge is -1.88. The maximum atomic E-state index is 11.4. The minimum absolute atomic E-state index is 1.00. The Hall–Kier alpha value is -0.900. The zero-order valence-corrected chi connectivity index (χ0v) is 5.35. The van der Waals surface area contributed by atoms with Crippen LogP contribution in [-0.2, 0) is 9.53 Å². The van der Waals surface area contributed by atoms with Crippen molar-refractivity contribution in [3.05, 3.63) is 12.4 Å². The van der Waals surface area contributed by atoms with Crippen LogP contribution < -0.4 is 0 Å². The third kappa shape index (κ3) is 7.10. The first-order chi connectivity index (χ1) is 4.18. The van der Waals surface area contributed by atoms with Gasteiger partial charge in [-0.3, -0.25) is 0 Å². The van der Waals surface area contributed by atoms with E-state index in [9.17, 15) is 9.18 Å². The minimum atomic E-state index is -1.07. The van der Waals surface area contributed by atoms with Crippen LogP contribution in [0.5, 0.6) is 0 Å². The first kappa shape index (κ1) is 11.0. The van der Waals surface area contributed by atoms with Gasteiger partial charge in [0, 0.05) is 7.11 Å². The number of carbonyl (C=O) groups is 1. The summed E-state index contributed by atoms with van der Waals surface area (Å²) in [5.74, 6) is -2.08. The molecule has 4 heteroatoms. The molecule has 0 aliphatic heterocycles. The molecule has 9 heavy (non-hydrogen) atoms.